The third kappa shape index (κ3) is 2.31. The fourth-order valence-electron chi connectivity index (χ4n) is 1.51. The number of hydrogen-bond acceptors (Lipinski definition) is 5. The fourth-order valence-corrected chi connectivity index (χ4v) is 2.48. The Hall–Kier alpha value is -1.20. The van der Waals surface area contributed by atoms with Crippen molar-refractivity contribution in [1.29, 1.82) is 0 Å². The van der Waals surface area contributed by atoms with Crippen molar-refractivity contribution in [2.45, 2.75) is 26.3 Å². The van der Waals surface area contributed by atoms with Gasteiger partial charge >= 0.3 is 0 Å². The molecular weight excluding hydrogens is 220 g/mol. The predicted octanol–water partition coefficient (Wildman–Crippen LogP) is 2.15. The minimum atomic E-state index is 0.217. The Kier molecular flexibility index (Phi) is 3.36. The minimum Gasteiger partial charge on any atom is -0.369 e. The zero-order chi connectivity index (χ0) is 11.5. The van der Waals surface area contributed by atoms with E-state index in [9.17, 15) is 0 Å². The van der Waals surface area contributed by atoms with E-state index in [2.05, 4.69) is 27.6 Å². The number of nitrogens with zero attached hydrogens (tertiary/aromatic N) is 2. The molecule has 0 aromatic carbocycles. The summed E-state index contributed by atoms with van der Waals surface area (Å²) in [5.74, 6) is 0.920. The van der Waals surface area contributed by atoms with Gasteiger partial charge in [0.15, 0.2) is 0 Å². The van der Waals surface area contributed by atoms with Gasteiger partial charge in [-0.2, -0.15) is 0 Å². The minimum absolute atomic E-state index is 0.217. The van der Waals surface area contributed by atoms with Crippen LogP contribution in [0.1, 0.15) is 18.9 Å². The quantitative estimate of drug-likeness (QED) is 0.853. The Morgan fingerprint density at radius 3 is 3.06 bits per heavy atom. The average molecular weight is 236 g/mol. The summed E-state index contributed by atoms with van der Waals surface area (Å²) in [6, 6.07) is 0.217. The number of nitrogens with one attached hydrogen (secondary N) is 1. The molecule has 0 saturated heterocycles. The average Bonchev–Trinajstić information content (AvgIpc) is 2.61. The number of anilines is 1. The summed E-state index contributed by atoms with van der Waals surface area (Å²) < 4.78 is 1.13. The lowest BCUT2D eigenvalue weighted by Gasteiger charge is -2.07. The first kappa shape index (κ1) is 11.3. The van der Waals surface area contributed by atoms with Gasteiger partial charge in [-0.1, -0.05) is 0 Å². The molecule has 0 bridgehead atoms. The maximum absolute atomic E-state index is 5.70. The van der Waals surface area contributed by atoms with Crippen molar-refractivity contribution >= 4 is 27.4 Å². The molecule has 2 rings (SSSR count). The Morgan fingerprint density at radius 2 is 2.31 bits per heavy atom. The Bertz CT molecular complexity index is 478. The predicted molar refractivity (Wildman–Crippen MR) is 68.9 cm³/mol. The lowest BCUT2D eigenvalue weighted by molar-refractivity contribution is 0.689. The summed E-state index contributed by atoms with van der Waals surface area (Å²) in [6.07, 6.45) is 2.55. The highest BCUT2D eigenvalue weighted by molar-refractivity contribution is 7.18. The normalized spacial score (nSPS) is 12.9. The molecule has 3 N–H and O–H groups in total. The van der Waals surface area contributed by atoms with Crippen molar-refractivity contribution in [2.24, 2.45) is 5.73 Å². The molecule has 0 radical (unpaired) electrons. The summed E-state index contributed by atoms with van der Waals surface area (Å²) in [5.41, 5.74) is 7.95. The number of thiophene rings is 1. The number of hydrogen-bond donors (Lipinski definition) is 2. The van der Waals surface area contributed by atoms with E-state index in [0.29, 0.717) is 0 Å². The van der Waals surface area contributed by atoms with Crippen molar-refractivity contribution in [3.05, 3.63) is 17.3 Å². The topological polar surface area (TPSA) is 63.8 Å². The van der Waals surface area contributed by atoms with Crippen molar-refractivity contribution in [1.82, 2.24) is 9.97 Å². The van der Waals surface area contributed by atoms with Gasteiger partial charge in [-0.3, -0.25) is 0 Å². The van der Waals surface area contributed by atoms with Crippen LogP contribution in [0.2, 0.25) is 0 Å². The largest absolute Gasteiger partial charge is 0.369 e. The SMILES string of the molecule is Cc1csc2c(NCCC(C)N)ncnc12. The maximum Gasteiger partial charge on any atom is 0.147 e. The second kappa shape index (κ2) is 4.76. The number of rotatable bonds is 4. The van der Waals surface area contributed by atoms with Gasteiger partial charge in [-0.05, 0) is 31.2 Å². The molecule has 0 spiro atoms. The zero-order valence-corrected chi connectivity index (χ0v) is 10.3. The monoisotopic (exact) mass is 236 g/mol. The zero-order valence-electron chi connectivity index (χ0n) is 9.53. The molecule has 0 amide bonds. The summed E-state index contributed by atoms with van der Waals surface area (Å²) in [5, 5.41) is 5.42. The van der Waals surface area contributed by atoms with Gasteiger partial charge in [0.2, 0.25) is 0 Å². The summed E-state index contributed by atoms with van der Waals surface area (Å²) >= 11 is 1.68. The van der Waals surface area contributed by atoms with Crippen molar-refractivity contribution < 1.29 is 0 Å². The number of nitrogens with two attached hydrogens (primary N) is 1. The van der Waals surface area contributed by atoms with E-state index in [0.717, 1.165) is 29.0 Å². The van der Waals surface area contributed by atoms with E-state index in [-0.39, 0.29) is 6.04 Å². The van der Waals surface area contributed by atoms with Gasteiger partial charge in [0.1, 0.15) is 12.1 Å². The third-order valence-electron chi connectivity index (χ3n) is 2.42. The van der Waals surface area contributed by atoms with E-state index in [1.165, 1.54) is 5.56 Å². The van der Waals surface area contributed by atoms with Crippen LogP contribution in [-0.4, -0.2) is 22.6 Å². The van der Waals surface area contributed by atoms with Gasteiger partial charge in [-0.15, -0.1) is 11.3 Å². The number of aryl methyl sites for hydroxylation is 1. The third-order valence-corrected chi connectivity index (χ3v) is 3.52. The van der Waals surface area contributed by atoms with Gasteiger partial charge in [0.05, 0.1) is 10.2 Å². The van der Waals surface area contributed by atoms with Crippen LogP contribution in [0.15, 0.2) is 11.7 Å². The van der Waals surface area contributed by atoms with E-state index in [1.54, 1.807) is 17.7 Å². The molecule has 0 saturated carbocycles. The molecule has 0 aliphatic rings. The van der Waals surface area contributed by atoms with Crippen LogP contribution in [-0.2, 0) is 0 Å². The first-order valence-corrected chi connectivity index (χ1v) is 6.24. The highest BCUT2D eigenvalue weighted by atomic mass is 32.1. The van der Waals surface area contributed by atoms with Crippen molar-refractivity contribution in [3.8, 4) is 0 Å². The lowest BCUT2D eigenvalue weighted by Crippen LogP contribution is -2.19. The van der Waals surface area contributed by atoms with Gasteiger partial charge in [-0.25, -0.2) is 9.97 Å². The maximum atomic E-state index is 5.70. The lowest BCUT2D eigenvalue weighted by atomic mass is 10.2. The summed E-state index contributed by atoms with van der Waals surface area (Å²) in [4.78, 5) is 8.54. The Labute approximate surface area is 98.9 Å². The molecule has 5 heteroatoms. The molecule has 16 heavy (non-hydrogen) atoms. The summed E-state index contributed by atoms with van der Waals surface area (Å²) in [6.45, 7) is 4.92. The molecule has 0 fully saturated rings. The Morgan fingerprint density at radius 1 is 1.50 bits per heavy atom. The molecule has 2 aromatic heterocycles. The molecule has 2 aromatic rings. The molecular formula is C11H16N4S. The van der Waals surface area contributed by atoms with Crippen LogP contribution < -0.4 is 11.1 Å². The molecule has 4 nitrogen and oxygen atoms in total. The highest BCUT2D eigenvalue weighted by Crippen LogP contribution is 2.28. The van der Waals surface area contributed by atoms with Crippen LogP contribution in [0.5, 0.6) is 0 Å². The number of fused-ring (bicyclic) bond motifs is 1. The first-order valence-electron chi connectivity index (χ1n) is 5.36. The molecule has 0 aliphatic carbocycles. The van der Waals surface area contributed by atoms with Crippen molar-refractivity contribution in [3.63, 3.8) is 0 Å². The van der Waals surface area contributed by atoms with E-state index < -0.39 is 0 Å². The number of aromatic nitrogens is 2. The van der Waals surface area contributed by atoms with Crippen LogP contribution in [0, 0.1) is 6.92 Å². The van der Waals surface area contributed by atoms with Crippen LogP contribution in [0.3, 0.4) is 0 Å². The first-order chi connectivity index (χ1) is 7.68. The molecule has 0 aliphatic heterocycles. The van der Waals surface area contributed by atoms with Crippen LogP contribution >= 0.6 is 11.3 Å². The summed E-state index contributed by atoms with van der Waals surface area (Å²) in [7, 11) is 0. The van der Waals surface area contributed by atoms with Crippen LogP contribution in [0.4, 0.5) is 5.82 Å². The molecule has 1 atom stereocenters. The smallest absolute Gasteiger partial charge is 0.147 e. The molecule has 2 heterocycles. The second-order valence-electron chi connectivity index (χ2n) is 4.01. The van der Waals surface area contributed by atoms with Gasteiger partial charge in [0.25, 0.3) is 0 Å². The van der Waals surface area contributed by atoms with Crippen molar-refractivity contribution in [2.75, 3.05) is 11.9 Å². The Balaban J connectivity index is 2.17. The van der Waals surface area contributed by atoms with E-state index in [4.69, 9.17) is 5.73 Å². The van der Waals surface area contributed by atoms with E-state index in [1.807, 2.05) is 6.92 Å². The molecule has 1 unspecified atom stereocenters. The van der Waals surface area contributed by atoms with E-state index >= 15 is 0 Å². The van der Waals surface area contributed by atoms with Gasteiger partial charge < -0.3 is 11.1 Å². The highest BCUT2D eigenvalue weighted by Gasteiger charge is 2.07. The standard InChI is InChI=1S/C11H16N4S/c1-7-5-16-10-9(7)14-6-15-11(10)13-4-3-8(2)12/h5-6,8H,3-4,12H2,1-2H3,(H,13,14,15). The van der Waals surface area contributed by atoms with Gasteiger partial charge in [0, 0.05) is 12.6 Å². The fraction of sp³-hybridized carbons (Fsp3) is 0.455. The second-order valence-corrected chi connectivity index (χ2v) is 4.89. The molecule has 86 valence electrons. The van der Waals surface area contributed by atoms with Crippen LogP contribution in [0.25, 0.3) is 10.2 Å².